The number of ether oxygens (including phenoxy) is 4. The second-order valence-electron chi connectivity index (χ2n) is 8.10. The summed E-state index contributed by atoms with van der Waals surface area (Å²) in [4.78, 5) is 24.4. The fourth-order valence-corrected chi connectivity index (χ4v) is 3.29. The lowest BCUT2D eigenvalue weighted by Crippen LogP contribution is -2.15. The molecule has 0 fully saturated rings. The van der Waals surface area contributed by atoms with Gasteiger partial charge >= 0.3 is 5.97 Å². The molecule has 0 radical (unpaired) electrons. The summed E-state index contributed by atoms with van der Waals surface area (Å²) in [6, 6.07) is 14.1. The Bertz CT molecular complexity index is 1140. The van der Waals surface area contributed by atoms with Crippen molar-refractivity contribution in [3.8, 4) is 23.1 Å². The van der Waals surface area contributed by atoms with Crippen LogP contribution in [-0.4, -0.2) is 80.2 Å². The first-order chi connectivity index (χ1) is 17.7. The van der Waals surface area contributed by atoms with Gasteiger partial charge in [-0.05, 0) is 38.2 Å². The quantitative estimate of drug-likeness (QED) is 0.349. The molecular weight excluding hydrogens is 480 g/mol. The second kappa shape index (κ2) is 14.3. The number of aromatic nitrogens is 2. The Morgan fingerprint density at radius 3 is 2.11 bits per heavy atom. The molecular formula is C26H34N4O7. The molecule has 0 bridgehead atoms. The highest BCUT2D eigenvalue weighted by Crippen LogP contribution is 2.37. The molecule has 0 aliphatic heterocycles. The highest BCUT2D eigenvalue weighted by atomic mass is 16.5. The second-order valence-corrected chi connectivity index (χ2v) is 8.10. The minimum Gasteiger partial charge on any atom is -0.493 e. The first kappa shape index (κ1) is 29.0. The van der Waals surface area contributed by atoms with Gasteiger partial charge in [0.2, 0.25) is 17.5 Å². The van der Waals surface area contributed by atoms with Gasteiger partial charge in [0.05, 0.1) is 34.5 Å². The number of methoxy groups -OCH3 is 3. The van der Waals surface area contributed by atoms with Crippen LogP contribution in [0.15, 0.2) is 48.5 Å². The number of carboxylic acid groups (broad SMARTS) is 1. The Labute approximate surface area is 216 Å². The molecule has 37 heavy (non-hydrogen) atoms. The summed E-state index contributed by atoms with van der Waals surface area (Å²) in [5, 5.41) is 13.5. The third kappa shape index (κ3) is 8.73. The van der Waals surface area contributed by atoms with Crippen molar-refractivity contribution in [2.45, 2.75) is 13.0 Å². The van der Waals surface area contributed by atoms with Crippen LogP contribution in [-0.2, 0) is 6.54 Å². The van der Waals surface area contributed by atoms with Crippen LogP contribution in [0, 0.1) is 0 Å². The number of nitrogens with zero attached hydrogens (tertiary/aromatic N) is 3. The lowest BCUT2D eigenvalue weighted by molar-refractivity contribution is 0.0683. The summed E-state index contributed by atoms with van der Waals surface area (Å²) >= 11 is 0. The van der Waals surface area contributed by atoms with Gasteiger partial charge in [0.1, 0.15) is 0 Å². The minimum atomic E-state index is -1.01. The van der Waals surface area contributed by atoms with E-state index in [-0.39, 0.29) is 5.69 Å². The third-order valence-corrected chi connectivity index (χ3v) is 5.10. The number of amides is 1. The van der Waals surface area contributed by atoms with E-state index in [4.69, 9.17) is 24.7 Å². The highest BCUT2D eigenvalue weighted by Gasteiger charge is 2.16. The standard InChI is InChI=1S/C16H21N3O3.C10H13NO4/c1-18(2)9-6-10-22-15-11-14(16(20)21)19(17-15)12-13-7-4-3-5-8-13;1-13-7-4-6(10(11)12)5-8(14-2)9(7)15-3/h3-5,7-8,11H,6,9-10,12H2,1-2H3,(H,20,21);4-5H,1-3H3,(H2,11,12). The molecule has 3 aromatic rings. The number of nitrogens with two attached hydrogens (primary N) is 1. The summed E-state index contributed by atoms with van der Waals surface area (Å²) in [5.74, 6) is 0.0502. The molecule has 1 amide bonds. The number of rotatable bonds is 12. The Balaban J connectivity index is 0.000000281. The number of carbonyl (C=O) groups excluding carboxylic acids is 1. The Morgan fingerprint density at radius 1 is 1.00 bits per heavy atom. The van der Waals surface area contributed by atoms with Crippen molar-refractivity contribution in [1.82, 2.24) is 14.7 Å². The largest absolute Gasteiger partial charge is 0.493 e. The van der Waals surface area contributed by atoms with E-state index < -0.39 is 11.9 Å². The number of aromatic carboxylic acids is 1. The maximum Gasteiger partial charge on any atom is 0.354 e. The molecule has 0 atom stereocenters. The third-order valence-electron chi connectivity index (χ3n) is 5.10. The molecule has 11 nitrogen and oxygen atoms in total. The molecule has 0 aliphatic carbocycles. The van der Waals surface area contributed by atoms with Gasteiger partial charge in [-0.1, -0.05) is 30.3 Å². The van der Waals surface area contributed by atoms with E-state index in [1.807, 2.05) is 44.4 Å². The zero-order valence-corrected chi connectivity index (χ0v) is 21.8. The van der Waals surface area contributed by atoms with Gasteiger partial charge in [-0.25, -0.2) is 9.48 Å². The van der Waals surface area contributed by atoms with Crippen LogP contribution in [0.5, 0.6) is 23.1 Å². The molecule has 3 N–H and O–H groups in total. The van der Waals surface area contributed by atoms with E-state index in [1.54, 1.807) is 0 Å². The molecule has 1 aromatic heterocycles. The van der Waals surface area contributed by atoms with Gasteiger partial charge in [-0.3, -0.25) is 4.79 Å². The van der Waals surface area contributed by atoms with Crippen LogP contribution in [0.4, 0.5) is 0 Å². The molecule has 0 aliphatic rings. The summed E-state index contributed by atoms with van der Waals surface area (Å²) in [6.07, 6.45) is 0.862. The molecule has 2 aromatic carbocycles. The molecule has 3 rings (SSSR count). The van der Waals surface area contributed by atoms with Crippen molar-refractivity contribution in [2.75, 3.05) is 48.6 Å². The van der Waals surface area contributed by atoms with Crippen molar-refractivity contribution in [3.05, 3.63) is 65.4 Å². The maximum atomic E-state index is 11.3. The smallest absolute Gasteiger partial charge is 0.354 e. The summed E-state index contributed by atoms with van der Waals surface area (Å²) in [5.41, 5.74) is 6.60. The lowest BCUT2D eigenvalue weighted by atomic mass is 10.1. The molecule has 1 heterocycles. The van der Waals surface area contributed by atoms with Crippen molar-refractivity contribution in [2.24, 2.45) is 5.73 Å². The van der Waals surface area contributed by atoms with Gasteiger partial charge < -0.3 is 34.7 Å². The fourth-order valence-electron chi connectivity index (χ4n) is 3.29. The van der Waals surface area contributed by atoms with Gasteiger partial charge in [0.15, 0.2) is 17.2 Å². The lowest BCUT2D eigenvalue weighted by Gasteiger charge is -2.12. The molecule has 0 spiro atoms. The van der Waals surface area contributed by atoms with Crippen molar-refractivity contribution in [1.29, 1.82) is 0 Å². The van der Waals surface area contributed by atoms with Crippen molar-refractivity contribution >= 4 is 11.9 Å². The van der Waals surface area contributed by atoms with Crippen LogP contribution in [0.25, 0.3) is 0 Å². The number of carbonyl (C=O) groups is 2. The van der Waals surface area contributed by atoms with Crippen LogP contribution in [0.1, 0.15) is 32.8 Å². The van der Waals surface area contributed by atoms with Gasteiger partial charge in [-0.15, -0.1) is 5.10 Å². The Kier molecular flexibility index (Phi) is 11.2. The first-order valence-electron chi connectivity index (χ1n) is 11.4. The monoisotopic (exact) mass is 514 g/mol. The molecule has 11 heteroatoms. The van der Waals surface area contributed by atoms with Crippen LogP contribution in [0.3, 0.4) is 0 Å². The van der Waals surface area contributed by atoms with Crippen molar-refractivity contribution < 1.29 is 33.6 Å². The maximum absolute atomic E-state index is 11.3. The molecule has 0 unspecified atom stereocenters. The first-order valence-corrected chi connectivity index (χ1v) is 11.4. The molecule has 0 saturated heterocycles. The number of hydrogen-bond donors (Lipinski definition) is 2. The highest BCUT2D eigenvalue weighted by molar-refractivity contribution is 5.94. The average Bonchev–Trinajstić information content (AvgIpc) is 3.29. The van der Waals surface area contributed by atoms with Crippen LogP contribution < -0.4 is 24.7 Å². The minimum absolute atomic E-state index is 0.131. The zero-order valence-electron chi connectivity index (χ0n) is 21.8. The van der Waals surface area contributed by atoms with E-state index in [2.05, 4.69) is 10.00 Å². The Hall–Kier alpha value is -4.25. The predicted molar refractivity (Wildman–Crippen MR) is 138 cm³/mol. The fraction of sp³-hybridized carbons (Fsp3) is 0.346. The van der Waals surface area contributed by atoms with E-state index >= 15 is 0 Å². The molecule has 0 saturated carbocycles. The van der Waals surface area contributed by atoms with Gasteiger partial charge in [0.25, 0.3) is 0 Å². The van der Waals surface area contributed by atoms with Crippen molar-refractivity contribution in [3.63, 3.8) is 0 Å². The summed E-state index contributed by atoms with van der Waals surface area (Å²) < 4.78 is 22.2. The van der Waals surface area contributed by atoms with Crippen LogP contribution >= 0.6 is 0 Å². The van der Waals surface area contributed by atoms with Crippen LogP contribution in [0.2, 0.25) is 0 Å². The SMILES string of the molecule is CN(C)CCCOc1cc(C(=O)O)n(Cc2ccccc2)n1.COc1cc(C(N)=O)cc(OC)c1OC. The van der Waals surface area contributed by atoms with Gasteiger partial charge in [-0.2, -0.15) is 0 Å². The topological polar surface area (TPSA) is 138 Å². The number of primary amides is 1. The van der Waals surface area contributed by atoms with E-state index in [1.165, 1.54) is 44.2 Å². The normalized spacial score (nSPS) is 10.3. The average molecular weight is 515 g/mol. The van der Waals surface area contributed by atoms with E-state index in [9.17, 15) is 14.7 Å². The number of benzene rings is 2. The van der Waals surface area contributed by atoms with E-state index in [0.717, 1.165) is 18.5 Å². The zero-order chi connectivity index (χ0) is 27.4. The van der Waals surface area contributed by atoms with E-state index in [0.29, 0.717) is 41.8 Å². The number of hydrogen-bond acceptors (Lipinski definition) is 8. The summed E-state index contributed by atoms with van der Waals surface area (Å²) in [6.45, 7) is 1.83. The predicted octanol–water partition coefficient (Wildman–Crippen LogP) is 2.77. The number of carboxylic acids is 1. The Morgan fingerprint density at radius 2 is 1.62 bits per heavy atom. The summed E-state index contributed by atoms with van der Waals surface area (Å²) in [7, 11) is 8.43. The molecule has 200 valence electrons. The van der Waals surface area contributed by atoms with Gasteiger partial charge in [0, 0.05) is 18.2 Å².